The van der Waals surface area contributed by atoms with E-state index in [1.807, 2.05) is 0 Å². The van der Waals surface area contributed by atoms with Crippen LogP contribution < -0.4 is 10.6 Å². The molecule has 0 aliphatic carbocycles. The Morgan fingerprint density at radius 2 is 2.00 bits per heavy atom. The number of hydrogen-bond donors (Lipinski definition) is 3. The van der Waals surface area contributed by atoms with Crippen LogP contribution in [0.3, 0.4) is 0 Å². The molecular formula is C16H15ClF2N2O2. The molecular weight excluding hydrogens is 326 g/mol. The summed E-state index contributed by atoms with van der Waals surface area (Å²) in [5.74, 6) is -1.82. The monoisotopic (exact) mass is 340 g/mol. The predicted octanol–water partition coefficient (Wildman–Crippen LogP) is 4.51. The maximum Gasteiger partial charge on any atom is 0.319 e. The molecule has 0 saturated carbocycles. The molecule has 2 amide bonds. The third-order valence-electron chi connectivity index (χ3n) is 3.36. The molecule has 4 nitrogen and oxygen atoms in total. The Bertz CT molecular complexity index is 753. The van der Waals surface area contributed by atoms with E-state index in [2.05, 4.69) is 10.6 Å². The highest BCUT2D eigenvalue weighted by Crippen LogP contribution is 2.28. The van der Waals surface area contributed by atoms with E-state index in [4.69, 9.17) is 11.6 Å². The minimum Gasteiger partial charge on any atom is -0.508 e. The molecule has 0 aliphatic heterocycles. The second kappa shape index (κ2) is 6.83. The Balaban J connectivity index is 2.13. The zero-order chi connectivity index (χ0) is 17.1. The number of nitrogens with one attached hydrogen (secondary N) is 2. The predicted molar refractivity (Wildman–Crippen MR) is 84.8 cm³/mol. The summed E-state index contributed by atoms with van der Waals surface area (Å²) in [5.41, 5.74) is 0.130. The van der Waals surface area contributed by atoms with Gasteiger partial charge in [-0.1, -0.05) is 23.7 Å². The van der Waals surface area contributed by atoms with Crippen molar-refractivity contribution in [2.45, 2.75) is 19.9 Å². The summed E-state index contributed by atoms with van der Waals surface area (Å²) in [5, 5.41) is 14.0. The molecule has 122 valence electrons. The minimum atomic E-state index is -0.960. The third kappa shape index (κ3) is 3.90. The number of anilines is 1. The molecule has 0 fully saturated rings. The maximum absolute atomic E-state index is 14.0. The lowest BCUT2D eigenvalue weighted by molar-refractivity contribution is 0.249. The highest BCUT2D eigenvalue weighted by Gasteiger charge is 2.18. The number of phenolic OH excluding ortho intramolecular Hbond substituents is 1. The van der Waals surface area contributed by atoms with Crippen LogP contribution in [0, 0.1) is 18.6 Å². The van der Waals surface area contributed by atoms with Gasteiger partial charge < -0.3 is 15.7 Å². The zero-order valence-corrected chi connectivity index (χ0v) is 13.2. The van der Waals surface area contributed by atoms with Crippen LogP contribution in [-0.4, -0.2) is 11.1 Å². The first-order valence-corrected chi connectivity index (χ1v) is 7.18. The molecule has 7 heteroatoms. The number of rotatable bonds is 3. The van der Waals surface area contributed by atoms with Crippen molar-refractivity contribution in [2.75, 3.05) is 5.32 Å². The Morgan fingerprint density at radius 3 is 2.65 bits per heavy atom. The third-order valence-corrected chi connectivity index (χ3v) is 3.75. The van der Waals surface area contributed by atoms with Crippen molar-refractivity contribution in [3.63, 3.8) is 0 Å². The molecule has 0 spiro atoms. The Kier molecular flexibility index (Phi) is 5.05. The van der Waals surface area contributed by atoms with Gasteiger partial charge in [-0.15, -0.1) is 0 Å². The van der Waals surface area contributed by atoms with E-state index < -0.39 is 29.4 Å². The van der Waals surface area contributed by atoms with Crippen molar-refractivity contribution in [3.8, 4) is 5.75 Å². The molecule has 23 heavy (non-hydrogen) atoms. The first-order valence-electron chi connectivity index (χ1n) is 6.80. The molecule has 0 unspecified atom stereocenters. The van der Waals surface area contributed by atoms with E-state index in [1.165, 1.54) is 19.1 Å². The van der Waals surface area contributed by atoms with Crippen LogP contribution in [0.15, 0.2) is 30.3 Å². The van der Waals surface area contributed by atoms with Gasteiger partial charge in [0.2, 0.25) is 0 Å². The van der Waals surface area contributed by atoms with Crippen molar-refractivity contribution >= 4 is 23.3 Å². The summed E-state index contributed by atoms with van der Waals surface area (Å²) in [6.07, 6.45) is 0. The van der Waals surface area contributed by atoms with Crippen LogP contribution in [0.1, 0.15) is 24.1 Å². The van der Waals surface area contributed by atoms with Gasteiger partial charge in [0.05, 0.1) is 6.04 Å². The van der Waals surface area contributed by atoms with Crippen molar-refractivity contribution < 1.29 is 18.7 Å². The number of halogens is 3. The molecule has 0 saturated heterocycles. The van der Waals surface area contributed by atoms with E-state index in [0.717, 1.165) is 6.07 Å². The quantitative estimate of drug-likeness (QED) is 0.769. The van der Waals surface area contributed by atoms with E-state index in [9.17, 15) is 18.7 Å². The van der Waals surface area contributed by atoms with Crippen molar-refractivity contribution in [1.82, 2.24) is 5.32 Å². The van der Waals surface area contributed by atoms with Crippen molar-refractivity contribution in [2.24, 2.45) is 0 Å². The molecule has 2 aromatic carbocycles. The maximum atomic E-state index is 14.0. The lowest BCUT2D eigenvalue weighted by atomic mass is 10.1. The van der Waals surface area contributed by atoms with Crippen LogP contribution in [0.2, 0.25) is 5.02 Å². The number of urea groups is 1. The lowest BCUT2D eigenvalue weighted by Gasteiger charge is -2.16. The molecule has 0 aromatic heterocycles. The number of carbonyl (C=O) groups excluding carboxylic acids is 1. The fraction of sp³-hybridized carbons (Fsp3) is 0.188. The van der Waals surface area contributed by atoms with E-state index >= 15 is 0 Å². The molecule has 0 bridgehead atoms. The molecule has 0 aliphatic rings. The van der Waals surface area contributed by atoms with Crippen LogP contribution in [0.25, 0.3) is 0 Å². The highest BCUT2D eigenvalue weighted by molar-refractivity contribution is 6.31. The van der Waals surface area contributed by atoms with Gasteiger partial charge >= 0.3 is 6.03 Å². The largest absolute Gasteiger partial charge is 0.508 e. The number of phenols is 1. The van der Waals surface area contributed by atoms with E-state index in [0.29, 0.717) is 5.56 Å². The summed E-state index contributed by atoms with van der Waals surface area (Å²) in [6.45, 7) is 3.06. The smallest absolute Gasteiger partial charge is 0.319 e. The van der Waals surface area contributed by atoms with Crippen LogP contribution in [0.4, 0.5) is 19.3 Å². The molecule has 0 heterocycles. The van der Waals surface area contributed by atoms with Gasteiger partial charge in [-0.25, -0.2) is 13.6 Å². The normalized spacial score (nSPS) is 11.9. The molecule has 1 atom stereocenters. The topological polar surface area (TPSA) is 61.4 Å². The van der Waals surface area contributed by atoms with E-state index in [-0.39, 0.29) is 16.3 Å². The first-order chi connectivity index (χ1) is 10.8. The summed E-state index contributed by atoms with van der Waals surface area (Å²) in [4.78, 5) is 11.9. The Labute approximate surface area is 137 Å². The van der Waals surface area contributed by atoms with Gasteiger partial charge in [-0.05, 0) is 37.6 Å². The minimum absolute atomic E-state index is 0.0457. The number of amides is 2. The van der Waals surface area contributed by atoms with Crippen molar-refractivity contribution in [3.05, 3.63) is 58.1 Å². The van der Waals surface area contributed by atoms with E-state index in [1.54, 1.807) is 19.1 Å². The standard InChI is InChI=1S/C16H15ClF2N2O2/c1-8-12(17)7-13(18)15(14(8)19)21-16(23)20-9(2)10-4-3-5-11(22)6-10/h3-7,9,22H,1-2H3,(H2,20,21,23)/t9-/m1/s1. The second-order valence-electron chi connectivity index (χ2n) is 5.07. The molecule has 0 radical (unpaired) electrons. The summed E-state index contributed by atoms with van der Waals surface area (Å²) in [6, 6.07) is 6.01. The number of benzene rings is 2. The van der Waals surface area contributed by atoms with Gasteiger partial charge in [-0.3, -0.25) is 0 Å². The number of carbonyl (C=O) groups is 1. The average molecular weight is 341 g/mol. The van der Waals surface area contributed by atoms with Gasteiger partial charge in [0.25, 0.3) is 0 Å². The van der Waals surface area contributed by atoms with Crippen LogP contribution in [-0.2, 0) is 0 Å². The SMILES string of the molecule is Cc1c(Cl)cc(F)c(NC(=O)N[C@H](C)c2cccc(O)c2)c1F. The summed E-state index contributed by atoms with van der Waals surface area (Å²) >= 11 is 5.67. The van der Waals surface area contributed by atoms with Crippen LogP contribution in [0.5, 0.6) is 5.75 Å². The summed E-state index contributed by atoms with van der Waals surface area (Å²) < 4.78 is 27.8. The number of hydrogen-bond acceptors (Lipinski definition) is 2. The fourth-order valence-corrected chi connectivity index (χ4v) is 2.21. The van der Waals surface area contributed by atoms with Gasteiger partial charge in [-0.2, -0.15) is 0 Å². The Morgan fingerprint density at radius 1 is 1.30 bits per heavy atom. The van der Waals surface area contributed by atoms with Crippen molar-refractivity contribution in [1.29, 1.82) is 0 Å². The average Bonchev–Trinajstić information content (AvgIpc) is 2.49. The van der Waals surface area contributed by atoms with Gasteiger partial charge in [0.15, 0.2) is 11.6 Å². The lowest BCUT2D eigenvalue weighted by Crippen LogP contribution is -2.31. The number of aromatic hydroxyl groups is 1. The second-order valence-corrected chi connectivity index (χ2v) is 5.48. The fourth-order valence-electron chi connectivity index (χ4n) is 2.03. The summed E-state index contributed by atoms with van der Waals surface area (Å²) in [7, 11) is 0. The molecule has 2 aromatic rings. The highest BCUT2D eigenvalue weighted by atomic mass is 35.5. The zero-order valence-electron chi connectivity index (χ0n) is 12.5. The van der Waals surface area contributed by atoms with Gasteiger partial charge in [0, 0.05) is 10.6 Å². The molecule has 3 N–H and O–H groups in total. The van der Waals surface area contributed by atoms with Gasteiger partial charge in [0.1, 0.15) is 11.4 Å². The first kappa shape index (κ1) is 17.0. The Hall–Kier alpha value is -2.34. The van der Waals surface area contributed by atoms with Crippen LogP contribution >= 0.6 is 11.6 Å². The molecule has 2 rings (SSSR count).